The molecule has 4 heteroatoms. The van der Waals surface area contributed by atoms with Gasteiger partial charge in [0.05, 0.1) is 12.2 Å². The molecule has 0 unspecified atom stereocenters. The van der Waals surface area contributed by atoms with Crippen molar-refractivity contribution in [1.82, 2.24) is 4.98 Å². The summed E-state index contributed by atoms with van der Waals surface area (Å²) in [5.41, 5.74) is 3.73. The minimum absolute atomic E-state index is 0.786. The Bertz CT molecular complexity index is 245. The Balaban J connectivity index is 2.23. The van der Waals surface area contributed by atoms with Gasteiger partial charge < -0.3 is 0 Å². The van der Waals surface area contributed by atoms with E-state index in [4.69, 9.17) is 0 Å². The third kappa shape index (κ3) is 4.20. The van der Waals surface area contributed by atoms with E-state index in [1.807, 2.05) is 12.1 Å². The summed E-state index contributed by atoms with van der Waals surface area (Å²) in [6.07, 6.45) is 5.66. The summed E-state index contributed by atoms with van der Waals surface area (Å²) in [5.74, 6) is 0. The Morgan fingerprint density at radius 3 is 2.85 bits per heavy atom. The number of hydrogen-bond donors (Lipinski definition) is 1. The summed E-state index contributed by atoms with van der Waals surface area (Å²) >= 11 is 0. The van der Waals surface area contributed by atoms with Gasteiger partial charge in [0.2, 0.25) is 0 Å². The maximum atomic E-state index is 3.95. The number of nitrogens with zero attached hydrogens (tertiary/aromatic N) is 3. The first-order chi connectivity index (χ1) is 6.43. The van der Waals surface area contributed by atoms with Gasteiger partial charge in [-0.3, -0.25) is 10.4 Å². The highest BCUT2D eigenvalue weighted by Crippen LogP contribution is 2.02. The lowest BCUT2D eigenvalue weighted by Crippen LogP contribution is -1.87. The second kappa shape index (κ2) is 6.11. The Labute approximate surface area is 78.1 Å². The van der Waals surface area contributed by atoms with Crippen LogP contribution in [-0.4, -0.2) is 11.5 Å². The molecule has 1 rings (SSSR count). The first-order valence-corrected chi connectivity index (χ1v) is 4.46. The third-order valence-corrected chi connectivity index (χ3v) is 1.54. The number of unbranched alkanes of at least 4 members (excludes halogenated alkanes) is 1. The molecule has 0 saturated heterocycles. The Hall–Kier alpha value is -1.45. The SMILES string of the molecule is CCCCN=NNc1ccncc1. The number of anilines is 1. The zero-order valence-corrected chi connectivity index (χ0v) is 7.77. The van der Waals surface area contributed by atoms with Crippen molar-refractivity contribution in [2.24, 2.45) is 10.3 Å². The summed E-state index contributed by atoms with van der Waals surface area (Å²) in [7, 11) is 0. The molecule has 0 radical (unpaired) electrons. The van der Waals surface area contributed by atoms with Crippen LogP contribution in [0.2, 0.25) is 0 Å². The highest BCUT2D eigenvalue weighted by Gasteiger charge is 1.84. The number of rotatable bonds is 5. The summed E-state index contributed by atoms with van der Waals surface area (Å²) in [6, 6.07) is 3.69. The molecule has 0 aliphatic heterocycles. The smallest absolute Gasteiger partial charge is 0.0620 e. The van der Waals surface area contributed by atoms with Gasteiger partial charge in [0.15, 0.2) is 0 Å². The Morgan fingerprint density at radius 1 is 1.38 bits per heavy atom. The fourth-order valence-electron chi connectivity index (χ4n) is 0.798. The lowest BCUT2D eigenvalue weighted by Gasteiger charge is -1.95. The average Bonchev–Trinajstić information content (AvgIpc) is 2.19. The zero-order chi connectivity index (χ0) is 9.36. The predicted molar refractivity (Wildman–Crippen MR) is 52.5 cm³/mol. The molecule has 13 heavy (non-hydrogen) atoms. The minimum Gasteiger partial charge on any atom is -0.265 e. The van der Waals surface area contributed by atoms with Gasteiger partial charge in [-0.15, -0.1) is 0 Å². The Morgan fingerprint density at radius 2 is 2.15 bits per heavy atom. The first kappa shape index (κ1) is 9.64. The first-order valence-electron chi connectivity index (χ1n) is 4.46. The number of nitrogens with one attached hydrogen (secondary N) is 1. The quantitative estimate of drug-likeness (QED) is 0.428. The Kier molecular flexibility index (Phi) is 4.53. The fraction of sp³-hybridized carbons (Fsp3) is 0.444. The lowest BCUT2D eigenvalue weighted by atomic mass is 10.3. The van der Waals surface area contributed by atoms with E-state index in [-0.39, 0.29) is 0 Å². The van der Waals surface area contributed by atoms with Crippen LogP contribution in [0.15, 0.2) is 34.9 Å². The average molecular weight is 178 g/mol. The van der Waals surface area contributed by atoms with Crippen LogP contribution in [0, 0.1) is 0 Å². The van der Waals surface area contributed by atoms with Gasteiger partial charge in [-0.1, -0.05) is 18.6 Å². The summed E-state index contributed by atoms with van der Waals surface area (Å²) < 4.78 is 0. The van der Waals surface area contributed by atoms with Crippen molar-refractivity contribution in [3.8, 4) is 0 Å². The van der Waals surface area contributed by atoms with E-state index in [1.165, 1.54) is 0 Å². The van der Waals surface area contributed by atoms with Crippen LogP contribution in [0.1, 0.15) is 19.8 Å². The molecular weight excluding hydrogens is 164 g/mol. The van der Waals surface area contributed by atoms with E-state index in [0.717, 1.165) is 25.1 Å². The van der Waals surface area contributed by atoms with Crippen molar-refractivity contribution in [2.75, 3.05) is 12.0 Å². The van der Waals surface area contributed by atoms with Crippen molar-refractivity contribution in [2.45, 2.75) is 19.8 Å². The molecule has 0 aliphatic carbocycles. The molecule has 1 aromatic heterocycles. The number of hydrogen-bond acceptors (Lipinski definition) is 3. The van der Waals surface area contributed by atoms with E-state index < -0.39 is 0 Å². The molecule has 0 saturated carbocycles. The van der Waals surface area contributed by atoms with Gasteiger partial charge >= 0.3 is 0 Å². The van der Waals surface area contributed by atoms with Gasteiger partial charge in [0, 0.05) is 12.4 Å². The van der Waals surface area contributed by atoms with Gasteiger partial charge in [-0.2, -0.15) is 5.11 Å². The van der Waals surface area contributed by atoms with E-state index in [1.54, 1.807) is 12.4 Å². The predicted octanol–water partition coefficient (Wildman–Crippen LogP) is 2.66. The maximum absolute atomic E-state index is 3.95. The van der Waals surface area contributed by atoms with Crippen LogP contribution >= 0.6 is 0 Å². The lowest BCUT2D eigenvalue weighted by molar-refractivity contribution is 0.772. The van der Waals surface area contributed by atoms with Crippen LogP contribution in [0.4, 0.5) is 5.69 Å². The van der Waals surface area contributed by atoms with Crippen LogP contribution < -0.4 is 5.43 Å². The molecule has 0 aromatic carbocycles. The number of aromatic nitrogens is 1. The van der Waals surface area contributed by atoms with E-state index in [0.29, 0.717) is 0 Å². The molecule has 0 spiro atoms. The highest BCUT2D eigenvalue weighted by atomic mass is 15.4. The van der Waals surface area contributed by atoms with Gasteiger partial charge in [-0.05, 0) is 18.6 Å². The summed E-state index contributed by atoms with van der Waals surface area (Å²) in [5, 5.41) is 7.78. The van der Waals surface area contributed by atoms with Crippen molar-refractivity contribution in [3.63, 3.8) is 0 Å². The van der Waals surface area contributed by atoms with Crippen molar-refractivity contribution >= 4 is 5.69 Å². The topological polar surface area (TPSA) is 49.6 Å². The molecule has 1 N–H and O–H groups in total. The fourth-order valence-corrected chi connectivity index (χ4v) is 0.798. The third-order valence-electron chi connectivity index (χ3n) is 1.54. The highest BCUT2D eigenvalue weighted by molar-refractivity contribution is 5.39. The standard InChI is InChI=1S/C9H14N4/c1-2-3-6-11-13-12-9-4-7-10-8-5-9/h4-5,7-8H,2-3,6H2,1H3,(H,10,11,12). The van der Waals surface area contributed by atoms with Gasteiger partial charge in [-0.25, -0.2) is 0 Å². The van der Waals surface area contributed by atoms with E-state index in [9.17, 15) is 0 Å². The molecule has 0 fully saturated rings. The normalized spacial score (nSPS) is 10.5. The molecule has 0 aliphatic rings. The molecule has 1 heterocycles. The monoisotopic (exact) mass is 178 g/mol. The summed E-state index contributed by atoms with van der Waals surface area (Å²) in [4.78, 5) is 3.89. The molecule has 4 nitrogen and oxygen atoms in total. The van der Waals surface area contributed by atoms with Crippen LogP contribution in [0.3, 0.4) is 0 Å². The summed E-state index contributed by atoms with van der Waals surface area (Å²) in [6.45, 7) is 2.92. The van der Waals surface area contributed by atoms with Crippen molar-refractivity contribution in [1.29, 1.82) is 0 Å². The molecular formula is C9H14N4. The van der Waals surface area contributed by atoms with Crippen LogP contribution in [0.5, 0.6) is 0 Å². The van der Waals surface area contributed by atoms with Gasteiger partial charge in [0.1, 0.15) is 0 Å². The second-order valence-corrected chi connectivity index (χ2v) is 2.67. The minimum atomic E-state index is 0.786. The van der Waals surface area contributed by atoms with E-state index in [2.05, 4.69) is 27.7 Å². The zero-order valence-electron chi connectivity index (χ0n) is 7.77. The molecule has 0 amide bonds. The van der Waals surface area contributed by atoms with Crippen molar-refractivity contribution < 1.29 is 0 Å². The van der Waals surface area contributed by atoms with E-state index >= 15 is 0 Å². The van der Waals surface area contributed by atoms with Crippen molar-refractivity contribution in [3.05, 3.63) is 24.5 Å². The van der Waals surface area contributed by atoms with Crippen LogP contribution in [-0.2, 0) is 0 Å². The molecule has 0 atom stereocenters. The second-order valence-electron chi connectivity index (χ2n) is 2.67. The van der Waals surface area contributed by atoms with Gasteiger partial charge in [0.25, 0.3) is 0 Å². The maximum Gasteiger partial charge on any atom is 0.0620 e. The molecule has 1 aromatic rings. The molecule has 0 bridgehead atoms. The molecule has 70 valence electrons. The van der Waals surface area contributed by atoms with Crippen LogP contribution in [0.25, 0.3) is 0 Å². The largest absolute Gasteiger partial charge is 0.265 e. The number of pyridine rings is 1.